The number of carbonyl (C=O) groups is 5. The van der Waals surface area contributed by atoms with Gasteiger partial charge in [0.05, 0.1) is 24.8 Å². The molecule has 0 aromatic heterocycles. The summed E-state index contributed by atoms with van der Waals surface area (Å²) in [6.07, 6.45) is 1.61. The second-order valence-electron chi connectivity index (χ2n) is 8.96. The van der Waals surface area contributed by atoms with Crippen LogP contribution in [0.1, 0.15) is 37.4 Å². The number of imide groups is 3. The van der Waals surface area contributed by atoms with Gasteiger partial charge in [-0.15, -0.1) is 0 Å². The Morgan fingerprint density at radius 3 is 2.15 bits per heavy atom. The van der Waals surface area contributed by atoms with E-state index in [0.29, 0.717) is 33.6 Å². The standard InChI is InChI=1S/C29H22FN3O6/c1-39-24-11-8-18(14-19(24)16-33-26(35)21-4-2-3-5-22(21)27(33)36)15-23-25(34)31-29(38)32(28(23)37)13-12-17-6-9-20(30)10-7-17/h2-11,14-15H,12-13,16H2,1H3,(H,31,34,38)/b23-15+. The predicted molar refractivity (Wildman–Crippen MR) is 137 cm³/mol. The van der Waals surface area contributed by atoms with Crippen molar-refractivity contribution in [2.75, 3.05) is 13.7 Å². The Balaban J connectivity index is 1.39. The number of hydrogen-bond acceptors (Lipinski definition) is 6. The van der Waals surface area contributed by atoms with Crippen molar-refractivity contribution < 1.29 is 33.1 Å². The zero-order chi connectivity index (χ0) is 27.7. The summed E-state index contributed by atoms with van der Waals surface area (Å²) in [6.45, 7) is -0.108. The van der Waals surface area contributed by atoms with Gasteiger partial charge in [-0.1, -0.05) is 30.3 Å². The maximum absolute atomic E-state index is 13.2. The minimum atomic E-state index is -0.847. The van der Waals surface area contributed by atoms with Crippen molar-refractivity contribution >= 4 is 35.7 Å². The number of carbonyl (C=O) groups excluding carboxylic acids is 5. The van der Waals surface area contributed by atoms with Gasteiger partial charge in [0.2, 0.25) is 0 Å². The number of nitrogens with zero attached hydrogens (tertiary/aromatic N) is 2. The lowest BCUT2D eigenvalue weighted by molar-refractivity contribution is -0.130. The number of methoxy groups -OCH3 is 1. The lowest BCUT2D eigenvalue weighted by Crippen LogP contribution is -2.54. The summed E-state index contributed by atoms with van der Waals surface area (Å²) < 4.78 is 18.6. The number of benzene rings is 3. The summed E-state index contributed by atoms with van der Waals surface area (Å²) in [7, 11) is 1.45. The van der Waals surface area contributed by atoms with Crippen molar-refractivity contribution in [3.05, 3.63) is 106 Å². The largest absolute Gasteiger partial charge is 0.496 e. The summed E-state index contributed by atoms with van der Waals surface area (Å²) in [5.41, 5.74) is 1.99. The zero-order valence-electron chi connectivity index (χ0n) is 20.8. The molecule has 1 N–H and O–H groups in total. The van der Waals surface area contributed by atoms with E-state index in [-0.39, 0.29) is 25.1 Å². The first kappa shape index (κ1) is 25.5. The number of rotatable bonds is 7. The highest BCUT2D eigenvalue weighted by Gasteiger charge is 2.37. The number of fused-ring (bicyclic) bond motifs is 1. The molecule has 2 aliphatic heterocycles. The number of barbiturate groups is 1. The smallest absolute Gasteiger partial charge is 0.331 e. The number of amides is 6. The van der Waals surface area contributed by atoms with E-state index in [0.717, 1.165) is 9.80 Å². The first-order valence-electron chi connectivity index (χ1n) is 12.0. The molecule has 0 spiro atoms. The van der Waals surface area contributed by atoms with Crippen LogP contribution in [-0.4, -0.2) is 53.1 Å². The lowest BCUT2D eigenvalue weighted by atomic mass is 10.0. The Kier molecular flexibility index (Phi) is 6.76. The second-order valence-corrected chi connectivity index (χ2v) is 8.96. The number of urea groups is 1. The van der Waals surface area contributed by atoms with Gasteiger partial charge >= 0.3 is 6.03 Å². The van der Waals surface area contributed by atoms with Gasteiger partial charge in [-0.2, -0.15) is 0 Å². The van der Waals surface area contributed by atoms with Crippen LogP contribution >= 0.6 is 0 Å². The van der Waals surface area contributed by atoms with E-state index in [4.69, 9.17) is 4.74 Å². The summed E-state index contributed by atoms with van der Waals surface area (Å²) >= 11 is 0. The van der Waals surface area contributed by atoms with Gasteiger partial charge in [-0.25, -0.2) is 9.18 Å². The SMILES string of the molecule is COc1ccc(/C=C2\C(=O)NC(=O)N(CCc3ccc(F)cc3)C2=O)cc1CN1C(=O)c2ccccc2C1=O. The molecular formula is C29H22FN3O6. The second kappa shape index (κ2) is 10.3. The van der Waals surface area contributed by atoms with Crippen molar-refractivity contribution in [2.45, 2.75) is 13.0 Å². The summed E-state index contributed by atoms with van der Waals surface area (Å²) in [5.74, 6) is -2.48. The molecule has 3 aromatic rings. The van der Waals surface area contributed by atoms with Crippen molar-refractivity contribution in [3.8, 4) is 5.75 Å². The molecule has 0 aliphatic carbocycles. The number of ether oxygens (including phenoxy) is 1. The average Bonchev–Trinajstić information content (AvgIpc) is 3.17. The molecule has 196 valence electrons. The van der Waals surface area contributed by atoms with Crippen LogP contribution in [0.5, 0.6) is 5.75 Å². The molecular weight excluding hydrogens is 505 g/mol. The summed E-state index contributed by atoms with van der Waals surface area (Å²) in [6, 6.07) is 16.2. The summed E-state index contributed by atoms with van der Waals surface area (Å²) in [5, 5.41) is 2.17. The molecule has 0 radical (unpaired) electrons. The van der Waals surface area contributed by atoms with Crippen LogP contribution in [-0.2, 0) is 22.6 Å². The van der Waals surface area contributed by atoms with Crippen LogP contribution in [0.2, 0.25) is 0 Å². The molecule has 0 atom stereocenters. The third-order valence-corrected chi connectivity index (χ3v) is 6.55. The summed E-state index contributed by atoms with van der Waals surface area (Å²) in [4.78, 5) is 65.8. The normalized spacial score (nSPS) is 16.2. The molecule has 39 heavy (non-hydrogen) atoms. The van der Waals surface area contributed by atoms with E-state index in [2.05, 4.69) is 5.32 Å². The Morgan fingerprint density at radius 2 is 1.51 bits per heavy atom. The Labute approximate surface area is 222 Å². The lowest BCUT2D eigenvalue weighted by Gasteiger charge is -2.26. The van der Waals surface area contributed by atoms with Gasteiger partial charge in [-0.05, 0) is 60.0 Å². The Hall–Kier alpha value is -5.12. The van der Waals surface area contributed by atoms with Crippen molar-refractivity contribution in [2.24, 2.45) is 0 Å². The maximum Gasteiger partial charge on any atom is 0.331 e. The predicted octanol–water partition coefficient (Wildman–Crippen LogP) is 3.34. The quantitative estimate of drug-likeness (QED) is 0.287. The average molecular weight is 528 g/mol. The molecule has 5 rings (SSSR count). The number of halogens is 1. The molecule has 10 heteroatoms. The van der Waals surface area contributed by atoms with Crippen LogP contribution in [0, 0.1) is 5.82 Å². The van der Waals surface area contributed by atoms with Gasteiger partial charge < -0.3 is 4.74 Å². The topological polar surface area (TPSA) is 113 Å². The van der Waals surface area contributed by atoms with Crippen molar-refractivity contribution in [3.63, 3.8) is 0 Å². The molecule has 2 aliphatic rings. The van der Waals surface area contributed by atoms with Crippen molar-refractivity contribution in [1.29, 1.82) is 0 Å². The fraction of sp³-hybridized carbons (Fsp3) is 0.138. The van der Waals surface area contributed by atoms with Gasteiger partial charge in [-0.3, -0.25) is 34.3 Å². The van der Waals surface area contributed by atoms with Crippen LogP contribution in [0.15, 0.2) is 72.3 Å². The monoisotopic (exact) mass is 527 g/mol. The maximum atomic E-state index is 13.2. The van der Waals surface area contributed by atoms with Crippen LogP contribution in [0.25, 0.3) is 6.08 Å². The van der Waals surface area contributed by atoms with Gasteiger partial charge in [0.1, 0.15) is 17.1 Å². The van der Waals surface area contributed by atoms with Crippen molar-refractivity contribution in [1.82, 2.24) is 15.1 Å². The first-order valence-corrected chi connectivity index (χ1v) is 12.0. The highest BCUT2D eigenvalue weighted by molar-refractivity contribution is 6.31. The van der Waals surface area contributed by atoms with Crippen LogP contribution < -0.4 is 10.1 Å². The minimum Gasteiger partial charge on any atom is -0.496 e. The van der Waals surface area contributed by atoms with Gasteiger partial charge in [0.25, 0.3) is 23.6 Å². The fourth-order valence-corrected chi connectivity index (χ4v) is 4.52. The molecule has 1 fully saturated rings. The van der Waals surface area contributed by atoms with Gasteiger partial charge in [0.15, 0.2) is 0 Å². The van der Waals surface area contributed by atoms with Gasteiger partial charge in [0, 0.05) is 12.1 Å². The Morgan fingerprint density at radius 1 is 0.846 bits per heavy atom. The highest BCUT2D eigenvalue weighted by atomic mass is 19.1. The van der Waals surface area contributed by atoms with E-state index in [1.807, 2.05) is 0 Å². The first-order chi connectivity index (χ1) is 18.8. The zero-order valence-corrected chi connectivity index (χ0v) is 20.8. The van der Waals surface area contributed by atoms with Crippen LogP contribution in [0.4, 0.5) is 9.18 Å². The van der Waals surface area contributed by atoms with E-state index < -0.39 is 35.5 Å². The molecule has 3 aromatic carbocycles. The molecule has 0 unspecified atom stereocenters. The fourth-order valence-electron chi connectivity index (χ4n) is 4.52. The van der Waals surface area contributed by atoms with Crippen LogP contribution in [0.3, 0.4) is 0 Å². The molecule has 2 heterocycles. The van der Waals surface area contributed by atoms with E-state index in [1.54, 1.807) is 54.6 Å². The third-order valence-electron chi connectivity index (χ3n) is 6.55. The Bertz CT molecular complexity index is 1530. The molecule has 9 nitrogen and oxygen atoms in total. The number of hydrogen-bond donors (Lipinski definition) is 1. The molecule has 6 amide bonds. The minimum absolute atomic E-state index is 0.0193. The third kappa shape index (κ3) is 4.91. The molecule has 0 saturated carbocycles. The molecule has 0 bridgehead atoms. The van der Waals surface area contributed by atoms with E-state index in [9.17, 15) is 28.4 Å². The van der Waals surface area contributed by atoms with E-state index >= 15 is 0 Å². The highest BCUT2D eigenvalue weighted by Crippen LogP contribution is 2.29. The molecule has 1 saturated heterocycles. The number of nitrogens with one attached hydrogen (secondary N) is 1. The van der Waals surface area contributed by atoms with E-state index in [1.165, 1.54) is 25.3 Å².